The summed E-state index contributed by atoms with van der Waals surface area (Å²) in [5.41, 5.74) is 1.78. The molecule has 1 aliphatic heterocycles. The van der Waals surface area contributed by atoms with Crippen LogP contribution in [-0.2, 0) is 13.2 Å². The molecule has 7 heteroatoms. The van der Waals surface area contributed by atoms with Crippen molar-refractivity contribution in [3.63, 3.8) is 0 Å². The quantitative estimate of drug-likeness (QED) is 0.509. The number of anilines is 1. The van der Waals surface area contributed by atoms with Crippen molar-refractivity contribution >= 4 is 16.7 Å². The second-order valence-corrected chi connectivity index (χ2v) is 7.89. The number of benzene rings is 2. The van der Waals surface area contributed by atoms with E-state index in [4.69, 9.17) is 4.74 Å². The number of rotatable bonds is 6. The highest BCUT2D eigenvalue weighted by Gasteiger charge is 2.21. The molecule has 32 heavy (non-hydrogen) atoms. The molecule has 0 aliphatic carbocycles. The lowest BCUT2D eigenvalue weighted by molar-refractivity contribution is 0.241. The average Bonchev–Trinajstić information content (AvgIpc) is 2.84. The molecule has 1 saturated heterocycles. The van der Waals surface area contributed by atoms with Crippen LogP contribution in [0, 0.1) is 0 Å². The van der Waals surface area contributed by atoms with Gasteiger partial charge in [0.05, 0.1) is 17.4 Å². The van der Waals surface area contributed by atoms with Crippen LogP contribution in [0.15, 0.2) is 77.7 Å². The fourth-order valence-electron chi connectivity index (χ4n) is 4.01. The van der Waals surface area contributed by atoms with E-state index < -0.39 is 0 Å². The highest BCUT2D eigenvalue weighted by atomic mass is 16.5. The zero-order chi connectivity index (χ0) is 21.8. The van der Waals surface area contributed by atoms with Crippen LogP contribution in [0.25, 0.3) is 10.9 Å². The zero-order valence-electron chi connectivity index (χ0n) is 17.8. The largest absolute Gasteiger partial charge is 0.485 e. The number of hydrogen-bond acceptors (Lipinski definition) is 6. The van der Waals surface area contributed by atoms with Crippen molar-refractivity contribution in [1.29, 1.82) is 0 Å². The topological polar surface area (TPSA) is 74.4 Å². The van der Waals surface area contributed by atoms with Gasteiger partial charge in [-0.05, 0) is 29.8 Å². The molecule has 1 N–H and O–H groups in total. The second kappa shape index (κ2) is 9.20. The molecule has 0 spiro atoms. The Morgan fingerprint density at radius 3 is 2.53 bits per heavy atom. The molecule has 0 atom stereocenters. The molecule has 0 amide bonds. The van der Waals surface area contributed by atoms with Crippen LogP contribution in [0.4, 0.5) is 5.82 Å². The fraction of sp³-hybridized carbons (Fsp3) is 0.240. The number of nitrogens with zero attached hydrogens (tertiary/aromatic N) is 4. The Morgan fingerprint density at radius 1 is 0.906 bits per heavy atom. The van der Waals surface area contributed by atoms with Crippen molar-refractivity contribution in [3.8, 4) is 5.75 Å². The summed E-state index contributed by atoms with van der Waals surface area (Å²) in [5, 5.41) is 0.624. The lowest BCUT2D eigenvalue weighted by atomic mass is 10.2. The van der Waals surface area contributed by atoms with Crippen LogP contribution in [0.5, 0.6) is 5.75 Å². The summed E-state index contributed by atoms with van der Waals surface area (Å²) in [4.78, 5) is 29.0. The van der Waals surface area contributed by atoms with Crippen LogP contribution in [-0.4, -0.2) is 46.0 Å². The van der Waals surface area contributed by atoms with Gasteiger partial charge in [-0.1, -0.05) is 42.5 Å². The first-order valence-electron chi connectivity index (χ1n) is 10.8. The first-order valence-corrected chi connectivity index (χ1v) is 10.8. The summed E-state index contributed by atoms with van der Waals surface area (Å²) in [6.45, 7) is 4.50. The van der Waals surface area contributed by atoms with Crippen LogP contribution in [0.1, 0.15) is 11.4 Å². The van der Waals surface area contributed by atoms with E-state index in [9.17, 15) is 4.79 Å². The van der Waals surface area contributed by atoms with Crippen LogP contribution >= 0.6 is 0 Å². The number of H-pyrrole nitrogens is 1. The molecular formula is C25H25N5O2. The maximum absolute atomic E-state index is 12.3. The van der Waals surface area contributed by atoms with Crippen LogP contribution < -0.4 is 15.2 Å². The van der Waals surface area contributed by atoms with E-state index in [1.165, 1.54) is 0 Å². The third-order valence-corrected chi connectivity index (χ3v) is 5.70. The van der Waals surface area contributed by atoms with Gasteiger partial charge in [-0.25, -0.2) is 9.97 Å². The van der Waals surface area contributed by atoms with Gasteiger partial charge in [0.15, 0.2) is 11.6 Å². The number of aromatic amines is 1. The van der Waals surface area contributed by atoms with E-state index in [0.717, 1.165) is 48.8 Å². The van der Waals surface area contributed by atoms with Gasteiger partial charge in [0, 0.05) is 32.4 Å². The van der Waals surface area contributed by atoms with Crippen molar-refractivity contribution in [3.05, 3.63) is 94.7 Å². The van der Waals surface area contributed by atoms with Crippen molar-refractivity contribution in [2.24, 2.45) is 0 Å². The zero-order valence-corrected chi connectivity index (χ0v) is 17.8. The number of ether oxygens (including phenoxy) is 1. The highest BCUT2D eigenvalue weighted by Crippen LogP contribution is 2.27. The van der Waals surface area contributed by atoms with Crippen LogP contribution in [0.2, 0.25) is 0 Å². The Morgan fingerprint density at radius 2 is 1.69 bits per heavy atom. The van der Waals surface area contributed by atoms with Gasteiger partial charge in [0.1, 0.15) is 12.4 Å². The van der Waals surface area contributed by atoms with Crippen molar-refractivity contribution in [1.82, 2.24) is 19.9 Å². The smallest absolute Gasteiger partial charge is 0.258 e. The summed E-state index contributed by atoms with van der Waals surface area (Å²) in [5.74, 6) is 2.37. The summed E-state index contributed by atoms with van der Waals surface area (Å²) < 4.78 is 6.09. The van der Waals surface area contributed by atoms with Gasteiger partial charge in [-0.3, -0.25) is 9.69 Å². The highest BCUT2D eigenvalue weighted by molar-refractivity contribution is 5.77. The number of hydrogen-bond donors (Lipinski definition) is 1. The maximum Gasteiger partial charge on any atom is 0.258 e. The van der Waals surface area contributed by atoms with E-state index in [2.05, 4.69) is 36.9 Å². The Hall–Kier alpha value is -3.71. The standard InChI is InChI=1S/C25H25N5O2/c31-25-20-9-4-5-10-21(20)27-23(28-25)17-29-13-15-30(16-14-29)24-22(11-6-12-26-24)32-18-19-7-2-1-3-8-19/h1-12H,13-18H2,(H,27,28,31). The number of nitrogens with one attached hydrogen (secondary N) is 1. The molecule has 5 rings (SSSR count). The SMILES string of the molecule is O=c1[nH]c(CN2CCN(c3ncccc3OCc3ccccc3)CC2)nc2ccccc12. The predicted molar refractivity (Wildman–Crippen MR) is 125 cm³/mol. The molecule has 1 aliphatic rings. The number of aromatic nitrogens is 3. The van der Waals surface area contributed by atoms with Gasteiger partial charge in [0.25, 0.3) is 5.56 Å². The molecule has 7 nitrogen and oxygen atoms in total. The number of pyridine rings is 1. The van der Waals surface area contributed by atoms with Gasteiger partial charge < -0.3 is 14.6 Å². The van der Waals surface area contributed by atoms with E-state index in [0.29, 0.717) is 24.4 Å². The molecular weight excluding hydrogens is 402 g/mol. The van der Waals surface area contributed by atoms with Crippen molar-refractivity contribution < 1.29 is 4.74 Å². The Kier molecular flexibility index (Phi) is 5.81. The minimum atomic E-state index is -0.0853. The van der Waals surface area contributed by atoms with Crippen LogP contribution in [0.3, 0.4) is 0 Å². The molecule has 162 valence electrons. The molecule has 2 aromatic carbocycles. The summed E-state index contributed by atoms with van der Waals surface area (Å²) >= 11 is 0. The van der Waals surface area contributed by atoms with Gasteiger partial charge >= 0.3 is 0 Å². The fourth-order valence-corrected chi connectivity index (χ4v) is 4.01. The normalized spacial score (nSPS) is 14.6. The molecule has 0 saturated carbocycles. The number of piperazine rings is 1. The third-order valence-electron chi connectivity index (χ3n) is 5.70. The van der Waals surface area contributed by atoms with E-state index in [1.807, 2.05) is 48.5 Å². The Balaban J connectivity index is 1.23. The Bertz CT molecular complexity index is 1250. The third kappa shape index (κ3) is 4.48. The van der Waals surface area contributed by atoms with Gasteiger partial charge in [-0.2, -0.15) is 0 Å². The first-order chi connectivity index (χ1) is 15.8. The van der Waals surface area contributed by atoms with Crippen molar-refractivity contribution in [2.45, 2.75) is 13.2 Å². The molecule has 0 radical (unpaired) electrons. The molecule has 3 heterocycles. The van der Waals surface area contributed by atoms with Gasteiger partial charge in [0.2, 0.25) is 0 Å². The van der Waals surface area contributed by atoms with E-state index in [1.54, 1.807) is 12.3 Å². The molecule has 2 aromatic heterocycles. The van der Waals surface area contributed by atoms with Crippen molar-refractivity contribution in [2.75, 3.05) is 31.1 Å². The minimum absolute atomic E-state index is 0.0853. The number of para-hydroxylation sites is 1. The summed E-state index contributed by atoms with van der Waals surface area (Å²) in [6.07, 6.45) is 1.81. The summed E-state index contributed by atoms with van der Waals surface area (Å²) in [7, 11) is 0. The first kappa shape index (κ1) is 20.2. The van der Waals surface area contributed by atoms with Gasteiger partial charge in [-0.15, -0.1) is 0 Å². The van der Waals surface area contributed by atoms with E-state index >= 15 is 0 Å². The molecule has 4 aromatic rings. The average molecular weight is 428 g/mol. The monoisotopic (exact) mass is 427 g/mol. The van der Waals surface area contributed by atoms with E-state index in [-0.39, 0.29) is 5.56 Å². The maximum atomic E-state index is 12.3. The lowest BCUT2D eigenvalue weighted by Crippen LogP contribution is -2.46. The molecule has 0 bridgehead atoms. The lowest BCUT2D eigenvalue weighted by Gasteiger charge is -2.35. The second-order valence-electron chi connectivity index (χ2n) is 7.89. The number of fused-ring (bicyclic) bond motifs is 1. The summed E-state index contributed by atoms with van der Waals surface area (Å²) in [6, 6.07) is 21.5. The minimum Gasteiger partial charge on any atom is -0.485 e. The predicted octanol–water partition coefficient (Wildman–Crippen LogP) is 3.22. The molecule has 0 unspecified atom stereocenters. The molecule has 1 fully saturated rings. The Labute approximate surface area is 186 Å².